The molecular weight excluding hydrogens is 278 g/mol. The number of para-hydroxylation sites is 1. The molecule has 1 amide bonds. The molecule has 1 aliphatic heterocycles. The quantitative estimate of drug-likeness (QED) is 0.735. The number of hydrogen-bond donors (Lipinski definition) is 3. The van der Waals surface area contributed by atoms with Gasteiger partial charge in [0.2, 0.25) is 15.9 Å². The Kier molecular flexibility index (Phi) is 3.39. The number of carbonyl (C=O) groups excluding carboxylic acids is 1. The molecule has 3 rings (SSSR count). The summed E-state index contributed by atoms with van der Waals surface area (Å²) in [4.78, 5) is 11.4. The van der Waals surface area contributed by atoms with Gasteiger partial charge in [-0.15, -0.1) is 0 Å². The first kappa shape index (κ1) is 13.4. The van der Waals surface area contributed by atoms with E-state index in [4.69, 9.17) is 0 Å². The van der Waals surface area contributed by atoms with Crippen molar-refractivity contribution in [3.05, 3.63) is 24.3 Å². The van der Waals surface area contributed by atoms with E-state index in [1.165, 1.54) is 0 Å². The van der Waals surface area contributed by atoms with Gasteiger partial charge in [-0.25, -0.2) is 13.1 Å². The summed E-state index contributed by atoms with van der Waals surface area (Å²) >= 11 is 0. The molecule has 1 unspecified atom stereocenters. The molecule has 3 N–H and O–H groups in total. The fraction of sp³-hybridized carbons (Fsp3) is 0.462. The van der Waals surface area contributed by atoms with E-state index in [1.807, 2.05) is 0 Å². The number of sulfonamides is 1. The highest BCUT2D eigenvalue weighted by molar-refractivity contribution is 7.89. The first-order valence-electron chi connectivity index (χ1n) is 6.69. The van der Waals surface area contributed by atoms with Gasteiger partial charge in [-0.05, 0) is 25.0 Å². The maximum absolute atomic E-state index is 12.3. The standard InChI is InChI=1S/C13H17N3O3S/c17-13-7-10(8-14-13)15-11-3-1-2-4-12(11)20(18,19)16-9-5-6-9/h1-4,9-10,15-16H,5-8H2,(H,14,17). The molecular formula is C13H17N3O3S. The van der Waals surface area contributed by atoms with Crippen molar-refractivity contribution in [1.82, 2.24) is 10.0 Å². The fourth-order valence-electron chi connectivity index (χ4n) is 2.23. The highest BCUT2D eigenvalue weighted by Crippen LogP contribution is 2.26. The molecule has 0 aromatic heterocycles. The van der Waals surface area contributed by atoms with Crippen molar-refractivity contribution in [2.24, 2.45) is 0 Å². The van der Waals surface area contributed by atoms with Crippen LogP contribution < -0.4 is 15.4 Å². The summed E-state index contributed by atoms with van der Waals surface area (Å²) in [5.74, 6) is -0.0149. The zero-order chi connectivity index (χ0) is 14.2. The summed E-state index contributed by atoms with van der Waals surface area (Å²) in [5, 5.41) is 5.86. The molecule has 7 heteroatoms. The van der Waals surface area contributed by atoms with Gasteiger partial charge in [0.1, 0.15) is 4.90 Å². The predicted octanol–water partition coefficient (Wildman–Crippen LogP) is 0.428. The van der Waals surface area contributed by atoms with E-state index in [1.54, 1.807) is 24.3 Å². The highest BCUT2D eigenvalue weighted by Gasteiger charge is 2.30. The Labute approximate surface area is 118 Å². The van der Waals surface area contributed by atoms with Crippen molar-refractivity contribution in [3.8, 4) is 0 Å². The Hall–Kier alpha value is -1.60. The second kappa shape index (κ2) is 5.06. The molecule has 2 fully saturated rings. The Morgan fingerprint density at radius 1 is 1.15 bits per heavy atom. The van der Waals surface area contributed by atoms with Gasteiger partial charge in [-0.3, -0.25) is 4.79 Å². The van der Waals surface area contributed by atoms with Crippen LogP contribution >= 0.6 is 0 Å². The van der Waals surface area contributed by atoms with Crippen molar-refractivity contribution in [3.63, 3.8) is 0 Å². The fourth-order valence-corrected chi connectivity index (χ4v) is 3.71. The molecule has 1 saturated carbocycles. The molecule has 0 radical (unpaired) electrons. The third-order valence-electron chi connectivity index (χ3n) is 3.41. The van der Waals surface area contributed by atoms with Crippen molar-refractivity contribution in [2.75, 3.05) is 11.9 Å². The van der Waals surface area contributed by atoms with Crippen molar-refractivity contribution < 1.29 is 13.2 Å². The summed E-state index contributed by atoms with van der Waals surface area (Å²) in [6.45, 7) is 0.517. The lowest BCUT2D eigenvalue weighted by Crippen LogP contribution is -2.28. The molecule has 1 aliphatic carbocycles. The van der Waals surface area contributed by atoms with Crippen LogP contribution in [0.5, 0.6) is 0 Å². The average Bonchev–Trinajstić information content (AvgIpc) is 3.10. The molecule has 1 aromatic rings. The van der Waals surface area contributed by atoms with Crippen LogP contribution in [0.2, 0.25) is 0 Å². The maximum atomic E-state index is 12.3. The second-order valence-corrected chi connectivity index (χ2v) is 6.92. The second-order valence-electron chi connectivity index (χ2n) is 5.24. The van der Waals surface area contributed by atoms with E-state index < -0.39 is 10.0 Å². The molecule has 108 valence electrons. The minimum absolute atomic E-state index is 0.0149. The molecule has 1 heterocycles. The summed E-state index contributed by atoms with van der Waals surface area (Å²) in [5.41, 5.74) is 0.544. The summed E-state index contributed by atoms with van der Waals surface area (Å²) in [6.07, 6.45) is 2.16. The average molecular weight is 295 g/mol. The van der Waals surface area contributed by atoms with E-state index in [2.05, 4.69) is 15.4 Å². The molecule has 6 nitrogen and oxygen atoms in total. The molecule has 1 atom stereocenters. The number of carbonyl (C=O) groups is 1. The third-order valence-corrected chi connectivity index (χ3v) is 4.99. The lowest BCUT2D eigenvalue weighted by molar-refractivity contribution is -0.119. The number of hydrogen-bond acceptors (Lipinski definition) is 4. The third kappa shape index (κ3) is 2.94. The van der Waals surface area contributed by atoms with Gasteiger partial charge in [-0.1, -0.05) is 12.1 Å². The monoisotopic (exact) mass is 295 g/mol. The maximum Gasteiger partial charge on any atom is 0.242 e. The van der Waals surface area contributed by atoms with Crippen LogP contribution in [0.15, 0.2) is 29.2 Å². The molecule has 0 spiro atoms. The van der Waals surface area contributed by atoms with Crippen LogP contribution in [0.3, 0.4) is 0 Å². The smallest absolute Gasteiger partial charge is 0.242 e. The molecule has 20 heavy (non-hydrogen) atoms. The number of benzene rings is 1. The molecule has 2 aliphatic rings. The van der Waals surface area contributed by atoms with Crippen LogP contribution in [0.4, 0.5) is 5.69 Å². The normalized spacial score (nSPS) is 22.6. The van der Waals surface area contributed by atoms with Crippen LogP contribution in [0.1, 0.15) is 19.3 Å². The first-order valence-corrected chi connectivity index (χ1v) is 8.17. The van der Waals surface area contributed by atoms with Gasteiger partial charge in [0.25, 0.3) is 0 Å². The predicted molar refractivity (Wildman–Crippen MR) is 74.8 cm³/mol. The lowest BCUT2D eigenvalue weighted by Gasteiger charge is -2.16. The minimum Gasteiger partial charge on any atom is -0.379 e. The van der Waals surface area contributed by atoms with E-state index in [-0.39, 0.29) is 22.9 Å². The van der Waals surface area contributed by atoms with Gasteiger partial charge in [-0.2, -0.15) is 0 Å². The molecule has 1 saturated heterocycles. The molecule has 0 bridgehead atoms. The van der Waals surface area contributed by atoms with Crippen LogP contribution in [0, 0.1) is 0 Å². The van der Waals surface area contributed by atoms with Crippen molar-refractivity contribution in [1.29, 1.82) is 0 Å². The number of rotatable bonds is 5. The zero-order valence-corrected chi connectivity index (χ0v) is 11.7. The van der Waals surface area contributed by atoms with E-state index >= 15 is 0 Å². The van der Waals surface area contributed by atoms with Crippen LogP contribution in [-0.2, 0) is 14.8 Å². The van der Waals surface area contributed by atoms with Gasteiger partial charge >= 0.3 is 0 Å². The summed E-state index contributed by atoms with van der Waals surface area (Å²) in [6, 6.07) is 6.79. The highest BCUT2D eigenvalue weighted by atomic mass is 32.2. The Balaban J connectivity index is 1.82. The molecule has 1 aromatic carbocycles. The number of amides is 1. The van der Waals surface area contributed by atoms with Crippen LogP contribution in [-0.4, -0.2) is 33.0 Å². The van der Waals surface area contributed by atoms with E-state index in [0.29, 0.717) is 18.7 Å². The zero-order valence-electron chi connectivity index (χ0n) is 10.9. The number of anilines is 1. The van der Waals surface area contributed by atoms with Gasteiger partial charge < -0.3 is 10.6 Å². The first-order chi connectivity index (χ1) is 9.54. The van der Waals surface area contributed by atoms with Crippen molar-refractivity contribution >= 4 is 21.6 Å². The minimum atomic E-state index is -3.50. The van der Waals surface area contributed by atoms with Gasteiger partial charge in [0.05, 0.1) is 11.7 Å². The SMILES string of the molecule is O=C1CC(Nc2ccccc2S(=O)(=O)NC2CC2)CN1. The van der Waals surface area contributed by atoms with E-state index in [9.17, 15) is 13.2 Å². The van der Waals surface area contributed by atoms with Gasteiger partial charge in [0, 0.05) is 19.0 Å². The Morgan fingerprint density at radius 3 is 2.55 bits per heavy atom. The Bertz CT molecular complexity index is 626. The Morgan fingerprint density at radius 2 is 1.90 bits per heavy atom. The van der Waals surface area contributed by atoms with Gasteiger partial charge in [0.15, 0.2) is 0 Å². The number of nitrogens with one attached hydrogen (secondary N) is 3. The van der Waals surface area contributed by atoms with Crippen molar-refractivity contribution in [2.45, 2.75) is 36.2 Å². The topological polar surface area (TPSA) is 87.3 Å². The summed E-state index contributed by atoms with van der Waals surface area (Å²) < 4.78 is 27.3. The van der Waals surface area contributed by atoms with Crippen LogP contribution in [0.25, 0.3) is 0 Å². The summed E-state index contributed by atoms with van der Waals surface area (Å²) in [7, 11) is -3.50. The van der Waals surface area contributed by atoms with E-state index in [0.717, 1.165) is 12.8 Å². The lowest BCUT2D eigenvalue weighted by atomic mass is 10.2. The largest absolute Gasteiger partial charge is 0.379 e.